The maximum absolute atomic E-state index is 12.7. The Kier molecular flexibility index (Phi) is 5.45. The molecule has 2 aromatic carbocycles. The van der Waals surface area contributed by atoms with Crippen LogP contribution >= 0.6 is 0 Å². The second kappa shape index (κ2) is 8.70. The number of carbonyl (C=O) groups is 2. The number of nitrogens with one attached hydrogen (secondary N) is 1. The van der Waals surface area contributed by atoms with Crippen molar-refractivity contribution in [2.45, 2.75) is 18.8 Å². The highest BCUT2D eigenvalue weighted by Gasteiger charge is 2.29. The van der Waals surface area contributed by atoms with E-state index in [-0.39, 0.29) is 31.1 Å². The minimum Gasteiger partial charge on any atom is -0.454 e. The molecule has 0 spiro atoms. The van der Waals surface area contributed by atoms with Gasteiger partial charge in [-0.3, -0.25) is 9.59 Å². The van der Waals surface area contributed by atoms with Gasteiger partial charge in [0.15, 0.2) is 11.5 Å². The van der Waals surface area contributed by atoms with Crippen molar-refractivity contribution in [2.75, 3.05) is 26.4 Å². The van der Waals surface area contributed by atoms with Crippen molar-refractivity contribution >= 4 is 11.8 Å². The molecule has 9 nitrogen and oxygen atoms in total. The van der Waals surface area contributed by atoms with Crippen molar-refractivity contribution in [3.05, 3.63) is 60.0 Å². The summed E-state index contributed by atoms with van der Waals surface area (Å²) in [4.78, 5) is 26.6. The third-order valence-corrected chi connectivity index (χ3v) is 5.62. The van der Waals surface area contributed by atoms with Gasteiger partial charge in [-0.2, -0.15) is 0 Å². The van der Waals surface area contributed by atoms with E-state index in [1.165, 1.54) is 0 Å². The third-order valence-electron chi connectivity index (χ3n) is 5.62. The first-order valence-corrected chi connectivity index (χ1v) is 10.5. The average molecular weight is 434 g/mol. The van der Waals surface area contributed by atoms with E-state index in [9.17, 15) is 9.59 Å². The van der Waals surface area contributed by atoms with E-state index >= 15 is 0 Å². The Balaban J connectivity index is 1.21. The molecule has 3 heterocycles. The Morgan fingerprint density at radius 2 is 1.91 bits per heavy atom. The molecule has 0 saturated carbocycles. The minimum atomic E-state index is -0.266. The summed E-state index contributed by atoms with van der Waals surface area (Å²) in [6.45, 7) is 1.26. The van der Waals surface area contributed by atoms with Gasteiger partial charge in [0.05, 0.1) is 12.5 Å². The van der Waals surface area contributed by atoms with Gasteiger partial charge in [-0.1, -0.05) is 18.2 Å². The number of carbonyl (C=O) groups excluding carboxylic acids is 2. The zero-order valence-corrected chi connectivity index (χ0v) is 17.3. The SMILES string of the molecule is O=C(NCC(=O)N1CCCC(c2nnc(-c3ccc4c(c3)OCO4)o2)C1)c1ccccc1. The fraction of sp³-hybridized carbons (Fsp3) is 0.304. The van der Waals surface area contributed by atoms with Gasteiger partial charge < -0.3 is 24.1 Å². The van der Waals surface area contributed by atoms with Gasteiger partial charge >= 0.3 is 0 Å². The lowest BCUT2D eigenvalue weighted by molar-refractivity contribution is -0.131. The lowest BCUT2D eigenvalue weighted by atomic mass is 9.98. The highest BCUT2D eigenvalue weighted by Crippen LogP contribution is 2.36. The second-order valence-electron chi connectivity index (χ2n) is 7.74. The molecule has 9 heteroatoms. The Bertz CT molecular complexity index is 1130. The summed E-state index contributed by atoms with van der Waals surface area (Å²) in [7, 11) is 0. The first-order valence-electron chi connectivity index (χ1n) is 10.5. The lowest BCUT2D eigenvalue weighted by Crippen LogP contribution is -2.44. The van der Waals surface area contributed by atoms with Crippen molar-refractivity contribution in [1.29, 1.82) is 0 Å². The van der Waals surface area contributed by atoms with Crippen molar-refractivity contribution in [1.82, 2.24) is 20.4 Å². The first-order chi connectivity index (χ1) is 15.7. The van der Waals surface area contributed by atoms with Crippen LogP contribution in [0.1, 0.15) is 35.0 Å². The van der Waals surface area contributed by atoms with E-state index in [0.717, 1.165) is 18.4 Å². The van der Waals surface area contributed by atoms with Gasteiger partial charge in [0.25, 0.3) is 5.91 Å². The molecule has 1 atom stereocenters. The summed E-state index contributed by atoms with van der Waals surface area (Å²) in [6.07, 6.45) is 1.67. The number of benzene rings is 2. The molecule has 2 aliphatic heterocycles. The van der Waals surface area contributed by atoms with Crippen LogP contribution < -0.4 is 14.8 Å². The zero-order chi connectivity index (χ0) is 21.9. The molecule has 164 valence electrons. The molecular formula is C23H22N4O5. The monoisotopic (exact) mass is 434 g/mol. The summed E-state index contributed by atoms with van der Waals surface area (Å²) >= 11 is 0. The van der Waals surface area contributed by atoms with Crippen molar-refractivity contribution in [2.24, 2.45) is 0 Å². The molecule has 1 N–H and O–H groups in total. The molecule has 1 saturated heterocycles. The van der Waals surface area contributed by atoms with Gasteiger partial charge in [-0.25, -0.2) is 0 Å². The Morgan fingerprint density at radius 1 is 1.06 bits per heavy atom. The topological polar surface area (TPSA) is 107 Å². The molecule has 0 bridgehead atoms. The van der Waals surface area contributed by atoms with Crippen molar-refractivity contribution < 1.29 is 23.5 Å². The molecular weight excluding hydrogens is 412 g/mol. The molecule has 5 rings (SSSR count). The molecule has 1 unspecified atom stereocenters. The van der Waals surface area contributed by atoms with Crippen LogP contribution in [0.2, 0.25) is 0 Å². The fourth-order valence-corrected chi connectivity index (χ4v) is 3.91. The second-order valence-corrected chi connectivity index (χ2v) is 7.74. The van der Waals surface area contributed by atoms with E-state index in [1.807, 2.05) is 24.3 Å². The number of amides is 2. The van der Waals surface area contributed by atoms with E-state index in [0.29, 0.717) is 41.9 Å². The molecule has 2 aliphatic rings. The molecule has 3 aromatic rings. The Morgan fingerprint density at radius 3 is 2.78 bits per heavy atom. The number of ether oxygens (including phenoxy) is 2. The first kappa shape index (κ1) is 20.0. The average Bonchev–Trinajstić information content (AvgIpc) is 3.52. The van der Waals surface area contributed by atoms with Crippen LogP contribution in [0.15, 0.2) is 52.9 Å². The Labute approximate surface area is 184 Å². The summed E-state index contributed by atoms with van der Waals surface area (Å²) < 4.78 is 16.7. The lowest BCUT2D eigenvalue weighted by Gasteiger charge is -2.31. The van der Waals surface area contributed by atoms with Gasteiger partial charge in [0.2, 0.25) is 24.5 Å². The van der Waals surface area contributed by atoms with Gasteiger partial charge in [0, 0.05) is 24.2 Å². The quantitative estimate of drug-likeness (QED) is 0.658. The van der Waals surface area contributed by atoms with E-state index in [1.54, 1.807) is 29.2 Å². The number of nitrogens with zero attached hydrogens (tertiary/aromatic N) is 3. The van der Waals surface area contributed by atoms with Crippen molar-refractivity contribution in [3.8, 4) is 23.0 Å². The normalized spacial score (nSPS) is 17.2. The van der Waals surface area contributed by atoms with Gasteiger partial charge in [-0.05, 0) is 43.2 Å². The number of fused-ring (bicyclic) bond motifs is 1. The number of likely N-dealkylation sites (tertiary alicyclic amines) is 1. The highest BCUT2D eigenvalue weighted by molar-refractivity contribution is 5.96. The molecule has 32 heavy (non-hydrogen) atoms. The molecule has 1 aromatic heterocycles. The predicted octanol–water partition coefficient (Wildman–Crippen LogP) is 2.60. The highest BCUT2D eigenvalue weighted by atomic mass is 16.7. The van der Waals surface area contributed by atoms with Crippen LogP contribution in [0.5, 0.6) is 11.5 Å². The van der Waals surface area contributed by atoms with Crippen LogP contribution in [0, 0.1) is 0 Å². The summed E-state index contributed by atoms with van der Waals surface area (Å²) in [5, 5.41) is 11.1. The number of hydrogen-bond acceptors (Lipinski definition) is 7. The van der Waals surface area contributed by atoms with Crippen LogP contribution in [-0.4, -0.2) is 53.3 Å². The number of rotatable bonds is 5. The standard InChI is InChI=1S/C23H22N4O5/c28-20(12-24-21(29)15-5-2-1-3-6-15)27-10-4-7-17(13-27)23-26-25-22(32-23)16-8-9-18-19(11-16)31-14-30-18/h1-3,5-6,8-9,11,17H,4,7,10,12-14H2,(H,24,29). The summed E-state index contributed by atoms with van der Waals surface area (Å²) in [5.74, 6) is 1.80. The van der Waals surface area contributed by atoms with Gasteiger partial charge in [0.1, 0.15) is 0 Å². The maximum Gasteiger partial charge on any atom is 0.251 e. The predicted molar refractivity (Wildman–Crippen MR) is 113 cm³/mol. The summed E-state index contributed by atoms with van der Waals surface area (Å²) in [5.41, 5.74) is 1.28. The molecule has 2 amide bonds. The Hall–Kier alpha value is -3.88. The summed E-state index contributed by atoms with van der Waals surface area (Å²) in [6, 6.07) is 14.3. The van der Waals surface area contributed by atoms with E-state index < -0.39 is 0 Å². The van der Waals surface area contributed by atoms with E-state index in [4.69, 9.17) is 13.9 Å². The van der Waals surface area contributed by atoms with E-state index in [2.05, 4.69) is 15.5 Å². The van der Waals surface area contributed by atoms with Crippen LogP contribution in [-0.2, 0) is 4.79 Å². The number of aromatic nitrogens is 2. The zero-order valence-electron chi connectivity index (χ0n) is 17.3. The number of hydrogen-bond donors (Lipinski definition) is 1. The maximum atomic E-state index is 12.7. The van der Waals surface area contributed by atoms with Crippen molar-refractivity contribution in [3.63, 3.8) is 0 Å². The van der Waals surface area contributed by atoms with Crippen LogP contribution in [0.4, 0.5) is 0 Å². The minimum absolute atomic E-state index is 0.0483. The number of piperidine rings is 1. The van der Waals surface area contributed by atoms with Gasteiger partial charge in [-0.15, -0.1) is 10.2 Å². The smallest absolute Gasteiger partial charge is 0.251 e. The molecule has 0 aliphatic carbocycles. The van der Waals surface area contributed by atoms with Crippen LogP contribution in [0.3, 0.4) is 0 Å². The van der Waals surface area contributed by atoms with Crippen LogP contribution in [0.25, 0.3) is 11.5 Å². The largest absolute Gasteiger partial charge is 0.454 e. The molecule has 1 fully saturated rings. The fourth-order valence-electron chi connectivity index (χ4n) is 3.91. The molecule has 0 radical (unpaired) electrons. The third kappa shape index (κ3) is 4.14.